The fraction of sp³-hybridized carbons (Fsp3) is 0.803. The van der Waals surface area contributed by atoms with Crippen LogP contribution in [0.1, 0.15) is 132 Å². The Balaban J connectivity index is 1.43. The number of carbonyl (C=O) groups is 5. The fourth-order valence-corrected chi connectivity index (χ4v) is 12.0. The number of alkyl carbamates (subject to hydrolysis) is 1. The Morgan fingerprint density at radius 1 is 0.727 bits per heavy atom. The van der Waals surface area contributed by atoms with Gasteiger partial charge in [0.2, 0.25) is 5.79 Å². The van der Waals surface area contributed by atoms with Crippen LogP contribution in [-0.4, -0.2) is 224 Å². The zero-order valence-corrected chi connectivity index (χ0v) is 54.7. The number of ketones is 2. The molecule has 1 aliphatic carbocycles. The minimum absolute atomic E-state index is 0.00434. The molecule has 0 radical (unpaired) electrons. The lowest BCUT2D eigenvalue weighted by atomic mass is 9.78. The van der Waals surface area contributed by atoms with E-state index in [1.807, 2.05) is 65.0 Å². The zero-order valence-electron chi connectivity index (χ0n) is 54.7. The molecule has 22 nitrogen and oxygen atoms in total. The van der Waals surface area contributed by atoms with Crippen LogP contribution in [0.2, 0.25) is 0 Å². The van der Waals surface area contributed by atoms with Gasteiger partial charge in [-0.25, -0.2) is 9.59 Å². The molecule has 2 saturated heterocycles. The molecular formula is C66H110N2O20. The van der Waals surface area contributed by atoms with Gasteiger partial charge in [-0.05, 0) is 114 Å². The highest BCUT2D eigenvalue weighted by Gasteiger charge is 2.53. The number of aliphatic hydroxyl groups excluding tert-OH is 2. The Morgan fingerprint density at radius 2 is 1.36 bits per heavy atom. The molecule has 22 heteroatoms. The van der Waals surface area contributed by atoms with Crippen molar-refractivity contribution < 1.29 is 96.1 Å². The van der Waals surface area contributed by atoms with Gasteiger partial charge >= 0.3 is 12.1 Å². The molecule has 0 aromatic heterocycles. The SMILES string of the molecule is CCOCCOCCOCCOCCOCCOCCNC(=O)O[C@@H]1CCC(C[C@@H](C)[C@@H]2C[C@@H](O)C(C)/C=C(\C)[C@@H](O)[C@@H](OC)C(=O)[C@H](C)C[C@H](C)/C=C/C=C/C=C(\C)[C@@H](OC)C[C@@H]3CC[C@@H](C)[C@@](O)(O3)C(=O)C(=O)N3CCCC[C@H]3C(=O)O2)C[C@H]1OC. The van der Waals surface area contributed by atoms with E-state index < -0.39 is 102 Å². The first-order chi connectivity index (χ1) is 42.2. The van der Waals surface area contributed by atoms with Gasteiger partial charge in [-0.15, -0.1) is 0 Å². The van der Waals surface area contributed by atoms with Crippen molar-refractivity contribution in [1.82, 2.24) is 10.2 Å². The molecule has 0 spiro atoms. The summed E-state index contributed by atoms with van der Waals surface area (Å²) in [5.41, 5.74) is 1.29. The number of piperidine rings is 1. The van der Waals surface area contributed by atoms with E-state index in [1.165, 1.54) is 12.0 Å². The largest absolute Gasteiger partial charge is 0.460 e. The van der Waals surface area contributed by atoms with E-state index >= 15 is 0 Å². The van der Waals surface area contributed by atoms with Crippen molar-refractivity contribution in [2.24, 2.45) is 35.5 Å². The number of aliphatic hydroxyl groups is 3. The summed E-state index contributed by atoms with van der Waals surface area (Å²) in [6, 6.07) is -1.17. The number of esters is 1. The normalized spacial score (nSPS) is 33.7. The average Bonchev–Trinajstić information content (AvgIpc) is 2.26. The molecule has 3 aliphatic heterocycles. The molecule has 16 atom stereocenters. The number of fused-ring (bicyclic) bond motifs is 3. The highest BCUT2D eigenvalue weighted by atomic mass is 16.6. The van der Waals surface area contributed by atoms with Gasteiger partial charge in [0.25, 0.3) is 11.7 Å². The van der Waals surface area contributed by atoms with E-state index in [1.54, 1.807) is 41.1 Å². The molecule has 88 heavy (non-hydrogen) atoms. The van der Waals surface area contributed by atoms with Gasteiger partial charge in [0.15, 0.2) is 5.78 Å². The molecule has 3 fully saturated rings. The number of nitrogens with one attached hydrogen (secondary N) is 1. The quantitative estimate of drug-likeness (QED) is 0.0299. The Bertz CT molecular complexity index is 2190. The van der Waals surface area contributed by atoms with Crippen LogP contribution >= 0.6 is 0 Å². The number of ether oxygens (including phenoxy) is 12. The Hall–Kier alpha value is -4.01. The number of methoxy groups -OCH3 is 3. The van der Waals surface area contributed by atoms with Crippen LogP contribution < -0.4 is 5.32 Å². The van der Waals surface area contributed by atoms with Gasteiger partial charge < -0.3 is 82.4 Å². The maximum atomic E-state index is 14.7. The number of amides is 2. The van der Waals surface area contributed by atoms with Crippen molar-refractivity contribution in [2.75, 3.05) is 114 Å². The first-order valence-electron chi connectivity index (χ1n) is 32.2. The summed E-state index contributed by atoms with van der Waals surface area (Å²) >= 11 is 0. The van der Waals surface area contributed by atoms with Crippen LogP contribution in [0.5, 0.6) is 0 Å². The number of Topliss-reactive ketones (excluding diaryl/α,β-unsaturated/α-hetero) is 2. The summed E-state index contributed by atoms with van der Waals surface area (Å²) in [5, 5.41) is 38.5. The van der Waals surface area contributed by atoms with Gasteiger partial charge in [0.1, 0.15) is 30.5 Å². The number of carbonyl (C=O) groups excluding carboxylic acids is 5. The molecule has 2 amide bonds. The van der Waals surface area contributed by atoms with Crippen LogP contribution in [0, 0.1) is 35.5 Å². The minimum Gasteiger partial charge on any atom is -0.460 e. The van der Waals surface area contributed by atoms with Gasteiger partial charge in [-0.3, -0.25) is 14.4 Å². The third-order valence-electron chi connectivity index (χ3n) is 17.5. The van der Waals surface area contributed by atoms with Crippen LogP contribution in [-0.2, 0) is 76.0 Å². The van der Waals surface area contributed by atoms with Crippen molar-refractivity contribution in [3.63, 3.8) is 0 Å². The van der Waals surface area contributed by atoms with Crippen LogP contribution in [0.25, 0.3) is 0 Å². The molecule has 2 bridgehead atoms. The molecule has 3 heterocycles. The maximum Gasteiger partial charge on any atom is 0.407 e. The van der Waals surface area contributed by atoms with Gasteiger partial charge in [0.05, 0.1) is 97.1 Å². The maximum absolute atomic E-state index is 14.7. The number of nitrogens with zero attached hydrogens (tertiary/aromatic N) is 1. The van der Waals surface area contributed by atoms with Gasteiger partial charge in [-0.1, -0.05) is 71.1 Å². The number of rotatable bonds is 26. The van der Waals surface area contributed by atoms with Gasteiger partial charge in [-0.2, -0.15) is 0 Å². The van der Waals surface area contributed by atoms with Crippen molar-refractivity contribution in [1.29, 1.82) is 0 Å². The molecule has 4 N–H and O–H groups in total. The summed E-state index contributed by atoms with van der Waals surface area (Å²) < 4.78 is 68.7. The lowest BCUT2D eigenvalue weighted by molar-refractivity contribution is -0.265. The van der Waals surface area contributed by atoms with E-state index in [0.29, 0.717) is 142 Å². The predicted molar refractivity (Wildman–Crippen MR) is 329 cm³/mol. The third-order valence-corrected chi connectivity index (χ3v) is 17.5. The van der Waals surface area contributed by atoms with Crippen molar-refractivity contribution in [3.05, 3.63) is 47.6 Å². The number of cyclic esters (lactones) is 1. The molecule has 0 aromatic carbocycles. The van der Waals surface area contributed by atoms with E-state index in [0.717, 1.165) is 5.57 Å². The summed E-state index contributed by atoms with van der Waals surface area (Å²) in [5.74, 6) is -7.77. The summed E-state index contributed by atoms with van der Waals surface area (Å²) in [7, 11) is 4.53. The molecule has 504 valence electrons. The van der Waals surface area contributed by atoms with Crippen LogP contribution in [0.15, 0.2) is 47.6 Å². The molecule has 1 saturated carbocycles. The van der Waals surface area contributed by atoms with E-state index in [2.05, 4.69) is 5.32 Å². The average molecular weight is 1250 g/mol. The second-order valence-corrected chi connectivity index (χ2v) is 24.4. The monoisotopic (exact) mass is 1250 g/mol. The molecule has 4 rings (SSSR count). The predicted octanol–water partition coefficient (Wildman–Crippen LogP) is 6.83. The van der Waals surface area contributed by atoms with E-state index in [9.17, 15) is 39.3 Å². The van der Waals surface area contributed by atoms with E-state index in [4.69, 9.17) is 56.8 Å². The van der Waals surface area contributed by atoms with E-state index in [-0.39, 0.29) is 56.1 Å². The zero-order chi connectivity index (χ0) is 64.6. The smallest absolute Gasteiger partial charge is 0.407 e. The Kier molecular flexibility index (Phi) is 36.0. The highest BCUT2D eigenvalue weighted by molar-refractivity contribution is 6.39. The summed E-state index contributed by atoms with van der Waals surface area (Å²) in [6.45, 7) is 20.5. The molecule has 2 unspecified atom stereocenters. The van der Waals surface area contributed by atoms with Crippen molar-refractivity contribution >= 4 is 29.5 Å². The number of hydrogen-bond donors (Lipinski definition) is 4. The highest BCUT2D eigenvalue weighted by Crippen LogP contribution is 2.38. The number of allylic oxidation sites excluding steroid dienone is 5. The van der Waals surface area contributed by atoms with Gasteiger partial charge in [0, 0.05) is 71.6 Å². The lowest BCUT2D eigenvalue weighted by Gasteiger charge is -2.43. The third kappa shape index (κ3) is 25.6. The minimum atomic E-state index is -2.46. The molecule has 4 aliphatic rings. The Labute approximate surface area is 524 Å². The second-order valence-electron chi connectivity index (χ2n) is 24.4. The first kappa shape index (κ1) is 76.4. The standard InChI is InChI=1S/C66H110N2O20/c1-12-80-28-29-82-32-33-84-36-37-85-35-34-83-31-30-81-27-25-67-65(75)87-55-24-22-51(41-58(55)78-10)40-47(5)57-43-54(69)46(4)39-49(7)60(71)61(79-11)59(70)48(6)38-44(2)18-14-13-15-19-45(3)56(77-9)42-52-23-21-50(8)66(76,88-52)62(72)63(73)68-26-17-16-20-53(68)64(74)86-57/h13-15,18-19,39,44,46-48,50-58,60-61,69,71,76H,12,16-17,20-38,40-43H2,1-11H3,(H,67,75)/b15-13+,18-14+,45-19+,49-39+/t44-,46?,47-,48-,50-,51?,52+,53+,54-,55-,56+,57+,58-,60-,61+,66-/m1/s1. The molecule has 0 aromatic rings. The van der Waals surface area contributed by atoms with Crippen molar-refractivity contribution in [3.8, 4) is 0 Å². The van der Waals surface area contributed by atoms with Crippen LogP contribution in [0.4, 0.5) is 4.79 Å². The fourth-order valence-electron chi connectivity index (χ4n) is 12.0. The lowest BCUT2D eigenvalue weighted by Crippen LogP contribution is -2.61. The topological polar surface area (TPSA) is 272 Å². The second kappa shape index (κ2) is 41.5. The van der Waals surface area contributed by atoms with Crippen LogP contribution in [0.3, 0.4) is 0 Å². The Morgan fingerprint density at radius 3 is 1.98 bits per heavy atom. The molecular weight excluding hydrogens is 1140 g/mol. The number of hydrogen-bond acceptors (Lipinski definition) is 20. The summed E-state index contributed by atoms with van der Waals surface area (Å²) in [6.07, 6.45) is 9.28. The van der Waals surface area contributed by atoms with Crippen molar-refractivity contribution in [2.45, 2.75) is 193 Å². The first-order valence-corrected chi connectivity index (χ1v) is 32.2. The summed E-state index contributed by atoms with van der Waals surface area (Å²) in [4.78, 5) is 71.6.